The summed E-state index contributed by atoms with van der Waals surface area (Å²) in [6.07, 6.45) is 4.41. The number of carboxylic acid groups (broad SMARTS) is 1. The van der Waals surface area contributed by atoms with Crippen LogP contribution in [0.25, 0.3) is 0 Å². The predicted molar refractivity (Wildman–Crippen MR) is 76.5 cm³/mol. The molecule has 0 aromatic rings. The van der Waals surface area contributed by atoms with E-state index in [0.717, 1.165) is 25.7 Å². The summed E-state index contributed by atoms with van der Waals surface area (Å²) in [5.74, 6) is -0.736. The lowest BCUT2D eigenvalue weighted by atomic mass is 9.97. The van der Waals surface area contributed by atoms with Gasteiger partial charge in [0.05, 0.1) is 12.5 Å². The molecule has 5 heteroatoms. The van der Waals surface area contributed by atoms with Crippen molar-refractivity contribution in [2.45, 2.75) is 64.5 Å². The number of nitrogens with zero attached hydrogens (tertiary/aromatic N) is 1. The van der Waals surface area contributed by atoms with E-state index in [1.807, 2.05) is 6.92 Å². The zero-order valence-corrected chi connectivity index (χ0v) is 12.8. The molecule has 1 saturated heterocycles. The van der Waals surface area contributed by atoms with Crippen LogP contribution in [0.15, 0.2) is 0 Å². The summed E-state index contributed by atoms with van der Waals surface area (Å²) >= 11 is 0. The van der Waals surface area contributed by atoms with Crippen LogP contribution in [0.1, 0.15) is 52.4 Å². The second kappa shape index (κ2) is 8.25. The molecule has 5 nitrogen and oxygen atoms in total. The van der Waals surface area contributed by atoms with Gasteiger partial charge in [-0.2, -0.15) is 0 Å². The predicted octanol–water partition coefficient (Wildman–Crippen LogP) is 2.29. The monoisotopic (exact) mass is 285 g/mol. The Balaban J connectivity index is 2.72. The zero-order chi connectivity index (χ0) is 15.1. The van der Waals surface area contributed by atoms with E-state index in [0.29, 0.717) is 13.0 Å². The molecule has 0 aliphatic carbocycles. The van der Waals surface area contributed by atoms with Crippen LogP contribution in [-0.2, 0) is 14.3 Å². The van der Waals surface area contributed by atoms with Gasteiger partial charge < -0.3 is 14.7 Å². The number of methoxy groups -OCH3 is 1. The third-order valence-corrected chi connectivity index (χ3v) is 4.15. The highest BCUT2D eigenvalue weighted by atomic mass is 16.5. The van der Waals surface area contributed by atoms with Crippen molar-refractivity contribution in [3.8, 4) is 0 Å². The van der Waals surface area contributed by atoms with Gasteiger partial charge in [0.1, 0.15) is 0 Å². The Labute approximate surface area is 121 Å². The number of ether oxygens (including phenoxy) is 1. The second-order valence-electron chi connectivity index (χ2n) is 5.58. The first-order chi connectivity index (χ1) is 9.53. The highest BCUT2D eigenvalue weighted by Crippen LogP contribution is 2.27. The van der Waals surface area contributed by atoms with Gasteiger partial charge in [-0.05, 0) is 19.3 Å². The van der Waals surface area contributed by atoms with Crippen molar-refractivity contribution in [3.05, 3.63) is 0 Å². The SMILES string of the molecule is CCCCC(CC)C(=O)N1CC(OC)CC1CC(=O)O. The number of hydrogen-bond acceptors (Lipinski definition) is 3. The topological polar surface area (TPSA) is 66.8 Å². The molecule has 0 saturated carbocycles. The van der Waals surface area contributed by atoms with Crippen LogP contribution in [0, 0.1) is 5.92 Å². The number of carbonyl (C=O) groups is 2. The van der Waals surface area contributed by atoms with E-state index in [-0.39, 0.29) is 30.4 Å². The molecular formula is C15H27NO4. The maximum absolute atomic E-state index is 12.6. The van der Waals surface area contributed by atoms with Crippen LogP contribution >= 0.6 is 0 Å². The van der Waals surface area contributed by atoms with Gasteiger partial charge in [0.2, 0.25) is 5.91 Å². The second-order valence-corrected chi connectivity index (χ2v) is 5.58. The van der Waals surface area contributed by atoms with E-state index >= 15 is 0 Å². The van der Waals surface area contributed by atoms with Crippen molar-refractivity contribution in [2.24, 2.45) is 5.92 Å². The van der Waals surface area contributed by atoms with Crippen LogP contribution in [-0.4, -0.2) is 47.7 Å². The molecule has 1 amide bonds. The van der Waals surface area contributed by atoms with Crippen LogP contribution in [0.4, 0.5) is 0 Å². The Bertz CT molecular complexity index is 332. The molecule has 1 aliphatic rings. The Morgan fingerprint density at radius 2 is 2.10 bits per heavy atom. The summed E-state index contributed by atoms with van der Waals surface area (Å²) in [6.45, 7) is 4.66. The first-order valence-corrected chi connectivity index (χ1v) is 7.58. The van der Waals surface area contributed by atoms with Gasteiger partial charge in [-0.25, -0.2) is 0 Å². The molecule has 1 rings (SSSR count). The lowest BCUT2D eigenvalue weighted by Crippen LogP contribution is -2.41. The van der Waals surface area contributed by atoms with E-state index in [4.69, 9.17) is 9.84 Å². The number of unbranched alkanes of at least 4 members (excludes halogenated alkanes) is 1. The van der Waals surface area contributed by atoms with Gasteiger partial charge in [0.25, 0.3) is 0 Å². The minimum atomic E-state index is -0.855. The van der Waals surface area contributed by atoms with Crippen molar-refractivity contribution in [3.63, 3.8) is 0 Å². The molecule has 0 aromatic carbocycles. The van der Waals surface area contributed by atoms with Gasteiger partial charge in [-0.3, -0.25) is 9.59 Å². The highest BCUT2D eigenvalue weighted by molar-refractivity contribution is 5.80. The van der Waals surface area contributed by atoms with Crippen LogP contribution in [0.5, 0.6) is 0 Å². The smallest absolute Gasteiger partial charge is 0.305 e. The standard InChI is InChI=1S/C15H27NO4/c1-4-6-7-11(5-2)15(19)16-10-13(20-3)8-12(16)9-14(17)18/h11-13H,4-10H2,1-3H3,(H,17,18). The number of carbonyl (C=O) groups excluding carboxylic acids is 1. The van der Waals surface area contributed by atoms with E-state index < -0.39 is 5.97 Å². The van der Waals surface area contributed by atoms with Crippen molar-refractivity contribution < 1.29 is 19.4 Å². The minimum absolute atomic E-state index is 0.00973. The number of rotatable bonds is 8. The molecule has 0 radical (unpaired) electrons. The number of carboxylic acids is 1. The van der Waals surface area contributed by atoms with Crippen molar-refractivity contribution >= 4 is 11.9 Å². The highest BCUT2D eigenvalue weighted by Gasteiger charge is 2.38. The summed E-state index contributed by atoms with van der Waals surface area (Å²) in [5.41, 5.74) is 0. The average molecular weight is 285 g/mol. The zero-order valence-electron chi connectivity index (χ0n) is 12.8. The number of aliphatic carboxylic acids is 1. The summed E-state index contributed by atoms with van der Waals surface area (Å²) in [5, 5.41) is 8.99. The fourth-order valence-electron chi connectivity index (χ4n) is 2.90. The largest absolute Gasteiger partial charge is 0.481 e. The third-order valence-electron chi connectivity index (χ3n) is 4.15. The molecule has 1 aliphatic heterocycles. The van der Waals surface area contributed by atoms with Crippen molar-refractivity contribution in [1.29, 1.82) is 0 Å². The van der Waals surface area contributed by atoms with Gasteiger partial charge in [-0.1, -0.05) is 26.7 Å². The normalized spacial score (nSPS) is 23.9. The van der Waals surface area contributed by atoms with Crippen LogP contribution < -0.4 is 0 Å². The Morgan fingerprint density at radius 1 is 1.40 bits per heavy atom. The molecule has 0 bridgehead atoms. The average Bonchev–Trinajstić information content (AvgIpc) is 2.81. The van der Waals surface area contributed by atoms with Crippen LogP contribution in [0.3, 0.4) is 0 Å². The molecule has 1 N–H and O–H groups in total. The fraction of sp³-hybridized carbons (Fsp3) is 0.867. The van der Waals surface area contributed by atoms with Crippen LogP contribution in [0.2, 0.25) is 0 Å². The lowest BCUT2D eigenvalue weighted by Gasteiger charge is -2.27. The quantitative estimate of drug-likeness (QED) is 0.743. The van der Waals surface area contributed by atoms with Gasteiger partial charge >= 0.3 is 5.97 Å². The summed E-state index contributed by atoms with van der Waals surface area (Å²) in [7, 11) is 1.62. The molecule has 20 heavy (non-hydrogen) atoms. The Hall–Kier alpha value is -1.10. The van der Waals surface area contributed by atoms with E-state index in [2.05, 4.69) is 6.92 Å². The lowest BCUT2D eigenvalue weighted by molar-refractivity contribution is -0.141. The van der Waals surface area contributed by atoms with Gasteiger partial charge in [0.15, 0.2) is 0 Å². The molecule has 0 aromatic heterocycles. The minimum Gasteiger partial charge on any atom is -0.481 e. The van der Waals surface area contributed by atoms with E-state index in [9.17, 15) is 9.59 Å². The van der Waals surface area contributed by atoms with E-state index in [1.165, 1.54) is 0 Å². The Kier molecular flexibility index (Phi) is 6.99. The fourth-order valence-corrected chi connectivity index (χ4v) is 2.90. The molecule has 1 heterocycles. The van der Waals surface area contributed by atoms with Crippen molar-refractivity contribution in [2.75, 3.05) is 13.7 Å². The number of likely N-dealkylation sites (tertiary alicyclic amines) is 1. The molecule has 3 atom stereocenters. The van der Waals surface area contributed by atoms with E-state index in [1.54, 1.807) is 12.0 Å². The molecule has 1 fully saturated rings. The summed E-state index contributed by atoms with van der Waals surface area (Å²) in [6, 6.07) is -0.222. The third kappa shape index (κ3) is 4.47. The number of amides is 1. The van der Waals surface area contributed by atoms with Gasteiger partial charge in [-0.15, -0.1) is 0 Å². The first kappa shape index (κ1) is 17.0. The maximum Gasteiger partial charge on any atom is 0.305 e. The first-order valence-electron chi connectivity index (χ1n) is 7.58. The summed E-state index contributed by atoms with van der Waals surface area (Å²) < 4.78 is 5.31. The molecular weight excluding hydrogens is 258 g/mol. The molecule has 0 spiro atoms. The maximum atomic E-state index is 12.6. The Morgan fingerprint density at radius 3 is 2.60 bits per heavy atom. The number of hydrogen-bond donors (Lipinski definition) is 1. The summed E-state index contributed by atoms with van der Waals surface area (Å²) in [4.78, 5) is 25.3. The molecule has 116 valence electrons. The molecule has 3 unspecified atom stereocenters. The van der Waals surface area contributed by atoms with Crippen molar-refractivity contribution in [1.82, 2.24) is 4.90 Å². The van der Waals surface area contributed by atoms with Gasteiger partial charge in [0, 0.05) is 25.6 Å².